The molecule has 2 amide bonds. The number of Topliss-reactive ketones (excluding diaryl/α,β-unsaturated/α-hetero) is 1. The number of carbonyl (C=O) groups excluding carboxylic acids is 3. The third-order valence-electron chi connectivity index (χ3n) is 5.63. The fourth-order valence-corrected chi connectivity index (χ4v) is 3.56. The maximum Gasteiger partial charge on any atom is 0.223 e. The first-order valence-corrected chi connectivity index (χ1v) is 10.1. The van der Waals surface area contributed by atoms with Gasteiger partial charge in [0.05, 0.1) is 12.8 Å². The van der Waals surface area contributed by atoms with Crippen molar-refractivity contribution in [1.82, 2.24) is 10.2 Å². The van der Waals surface area contributed by atoms with Crippen LogP contribution in [-0.2, 0) is 16.1 Å². The van der Waals surface area contributed by atoms with E-state index >= 15 is 0 Å². The smallest absolute Gasteiger partial charge is 0.223 e. The summed E-state index contributed by atoms with van der Waals surface area (Å²) in [5, 5.41) is 2.88. The van der Waals surface area contributed by atoms with E-state index in [1.54, 1.807) is 17.2 Å². The summed E-state index contributed by atoms with van der Waals surface area (Å²) in [5.41, 5.74) is 2.89. The van der Waals surface area contributed by atoms with Crippen LogP contribution in [0.3, 0.4) is 0 Å². The number of amides is 2. The van der Waals surface area contributed by atoms with Crippen molar-refractivity contribution in [3.05, 3.63) is 59.0 Å². The van der Waals surface area contributed by atoms with Gasteiger partial charge < -0.3 is 14.6 Å². The van der Waals surface area contributed by atoms with E-state index in [1.165, 1.54) is 0 Å². The van der Waals surface area contributed by atoms with Crippen molar-refractivity contribution in [2.75, 3.05) is 13.1 Å². The summed E-state index contributed by atoms with van der Waals surface area (Å²) in [7, 11) is 0. The molecule has 0 unspecified atom stereocenters. The van der Waals surface area contributed by atoms with Crippen molar-refractivity contribution in [3.8, 4) is 0 Å². The monoisotopic (exact) mass is 396 g/mol. The Morgan fingerprint density at radius 2 is 1.83 bits per heavy atom. The van der Waals surface area contributed by atoms with Crippen LogP contribution in [0.2, 0.25) is 0 Å². The SMILES string of the molecule is Cc1ccc(C(=O)CCC(=O)N2CCC(C(=O)NCc3ccco3)CC2)cc1C. The number of ketones is 1. The second-order valence-electron chi connectivity index (χ2n) is 7.67. The van der Waals surface area contributed by atoms with E-state index in [1.807, 2.05) is 38.1 Å². The molecule has 1 aliphatic heterocycles. The lowest BCUT2D eigenvalue weighted by molar-refractivity contribution is -0.135. The van der Waals surface area contributed by atoms with E-state index in [0.29, 0.717) is 38.0 Å². The third kappa shape index (κ3) is 5.56. The molecule has 0 atom stereocenters. The van der Waals surface area contributed by atoms with Crippen molar-refractivity contribution in [2.45, 2.75) is 46.1 Å². The lowest BCUT2D eigenvalue weighted by Gasteiger charge is -2.31. The summed E-state index contributed by atoms with van der Waals surface area (Å²) in [6, 6.07) is 9.25. The van der Waals surface area contributed by atoms with Gasteiger partial charge in [0.2, 0.25) is 11.8 Å². The normalized spacial score (nSPS) is 14.6. The van der Waals surface area contributed by atoms with Gasteiger partial charge in [-0.3, -0.25) is 14.4 Å². The Bertz CT molecular complexity index is 865. The van der Waals surface area contributed by atoms with Crippen LogP contribution >= 0.6 is 0 Å². The predicted molar refractivity (Wildman–Crippen MR) is 109 cm³/mol. The topological polar surface area (TPSA) is 79.6 Å². The standard InChI is InChI=1S/C23H28N2O4/c1-16-5-6-19(14-17(16)2)21(26)7-8-22(27)25-11-9-18(10-12-25)23(28)24-15-20-4-3-13-29-20/h3-6,13-14,18H,7-12,15H2,1-2H3,(H,24,28). The van der Waals surface area contributed by atoms with Crippen LogP contribution in [0.1, 0.15) is 52.9 Å². The Morgan fingerprint density at radius 1 is 1.07 bits per heavy atom. The first kappa shape index (κ1) is 20.8. The Morgan fingerprint density at radius 3 is 2.48 bits per heavy atom. The van der Waals surface area contributed by atoms with Crippen LogP contribution in [0.15, 0.2) is 41.0 Å². The molecule has 6 nitrogen and oxygen atoms in total. The van der Waals surface area contributed by atoms with Gasteiger partial charge in [0.1, 0.15) is 5.76 Å². The summed E-state index contributed by atoms with van der Waals surface area (Å²) in [4.78, 5) is 38.9. The molecule has 154 valence electrons. The Kier molecular flexibility index (Phi) is 6.86. The number of hydrogen-bond donors (Lipinski definition) is 1. The number of benzene rings is 1. The highest BCUT2D eigenvalue weighted by atomic mass is 16.3. The van der Waals surface area contributed by atoms with E-state index in [2.05, 4.69) is 5.32 Å². The summed E-state index contributed by atoms with van der Waals surface area (Å²) in [6.07, 6.45) is 3.28. The Hall–Kier alpha value is -2.89. The molecule has 3 rings (SSSR count). The van der Waals surface area contributed by atoms with Gasteiger partial charge in [-0.05, 0) is 56.0 Å². The van der Waals surface area contributed by atoms with Crippen LogP contribution in [-0.4, -0.2) is 35.6 Å². The second-order valence-corrected chi connectivity index (χ2v) is 7.67. The van der Waals surface area contributed by atoms with E-state index in [0.717, 1.165) is 16.9 Å². The zero-order chi connectivity index (χ0) is 20.8. The number of nitrogens with one attached hydrogen (secondary N) is 1. The lowest BCUT2D eigenvalue weighted by atomic mass is 9.95. The van der Waals surface area contributed by atoms with Crippen molar-refractivity contribution in [3.63, 3.8) is 0 Å². The molecule has 1 aliphatic rings. The van der Waals surface area contributed by atoms with E-state index in [-0.39, 0.29) is 36.4 Å². The lowest BCUT2D eigenvalue weighted by Crippen LogP contribution is -2.43. The molecule has 1 aromatic carbocycles. The van der Waals surface area contributed by atoms with Crippen molar-refractivity contribution in [1.29, 1.82) is 0 Å². The number of aryl methyl sites for hydroxylation is 2. The molecule has 6 heteroatoms. The summed E-state index contributed by atoms with van der Waals surface area (Å²) < 4.78 is 5.22. The molecule has 1 aromatic heterocycles. The molecule has 0 aliphatic carbocycles. The van der Waals surface area contributed by atoms with E-state index in [9.17, 15) is 14.4 Å². The molecule has 2 aromatic rings. The first-order chi connectivity index (χ1) is 13.9. The van der Waals surface area contributed by atoms with Gasteiger partial charge >= 0.3 is 0 Å². The van der Waals surface area contributed by atoms with E-state index in [4.69, 9.17) is 4.42 Å². The number of nitrogens with zero attached hydrogens (tertiary/aromatic N) is 1. The molecule has 0 spiro atoms. The zero-order valence-corrected chi connectivity index (χ0v) is 17.1. The second kappa shape index (κ2) is 9.54. The van der Waals surface area contributed by atoms with Crippen molar-refractivity contribution < 1.29 is 18.8 Å². The highest BCUT2D eigenvalue weighted by Gasteiger charge is 2.27. The summed E-state index contributed by atoms with van der Waals surface area (Å²) >= 11 is 0. The van der Waals surface area contributed by atoms with Gasteiger partial charge in [0.25, 0.3) is 0 Å². The minimum Gasteiger partial charge on any atom is -0.467 e. The maximum absolute atomic E-state index is 12.5. The number of carbonyl (C=O) groups is 3. The number of likely N-dealkylation sites (tertiary alicyclic amines) is 1. The van der Waals surface area contributed by atoms with Crippen molar-refractivity contribution >= 4 is 17.6 Å². The van der Waals surface area contributed by atoms with Crippen LogP contribution in [0.25, 0.3) is 0 Å². The molecule has 1 saturated heterocycles. The van der Waals surface area contributed by atoms with Crippen LogP contribution < -0.4 is 5.32 Å². The molecular formula is C23H28N2O4. The minimum atomic E-state index is -0.0915. The van der Waals surface area contributed by atoms with Crippen LogP contribution in [0.4, 0.5) is 0 Å². The molecular weight excluding hydrogens is 368 g/mol. The molecule has 0 bridgehead atoms. The zero-order valence-electron chi connectivity index (χ0n) is 17.1. The molecule has 1 fully saturated rings. The summed E-state index contributed by atoms with van der Waals surface area (Å²) in [6.45, 7) is 5.47. The quantitative estimate of drug-likeness (QED) is 0.728. The largest absolute Gasteiger partial charge is 0.467 e. The molecule has 2 heterocycles. The fraction of sp³-hybridized carbons (Fsp3) is 0.435. The predicted octanol–water partition coefficient (Wildman–Crippen LogP) is 3.41. The van der Waals surface area contributed by atoms with Gasteiger partial charge in [0.15, 0.2) is 5.78 Å². The molecule has 1 N–H and O–H groups in total. The van der Waals surface area contributed by atoms with Gasteiger partial charge in [-0.15, -0.1) is 0 Å². The maximum atomic E-state index is 12.5. The Labute approximate surface area is 171 Å². The average molecular weight is 396 g/mol. The molecule has 29 heavy (non-hydrogen) atoms. The van der Waals surface area contributed by atoms with Gasteiger partial charge in [-0.2, -0.15) is 0 Å². The van der Waals surface area contributed by atoms with E-state index < -0.39 is 0 Å². The van der Waals surface area contributed by atoms with Crippen molar-refractivity contribution in [2.24, 2.45) is 5.92 Å². The number of hydrogen-bond acceptors (Lipinski definition) is 4. The first-order valence-electron chi connectivity index (χ1n) is 10.1. The number of rotatable bonds is 7. The van der Waals surface area contributed by atoms with Gasteiger partial charge in [0, 0.05) is 37.4 Å². The highest BCUT2D eigenvalue weighted by Crippen LogP contribution is 2.19. The molecule has 0 radical (unpaired) electrons. The molecule has 0 saturated carbocycles. The van der Waals surface area contributed by atoms with Crippen LogP contribution in [0, 0.1) is 19.8 Å². The minimum absolute atomic E-state index is 0.00147. The van der Waals surface area contributed by atoms with Gasteiger partial charge in [-0.25, -0.2) is 0 Å². The number of furan rings is 1. The van der Waals surface area contributed by atoms with Crippen LogP contribution in [0.5, 0.6) is 0 Å². The average Bonchev–Trinajstić information content (AvgIpc) is 3.25. The summed E-state index contributed by atoms with van der Waals surface area (Å²) in [5.74, 6) is 0.606. The highest BCUT2D eigenvalue weighted by molar-refractivity contribution is 5.98. The number of piperidine rings is 1. The van der Waals surface area contributed by atoms with Gasteiger partial charge in [-0.1, -0.05) is 12.1 Å². The fourth-order valence-electron chi connectivity index (χ4n) is 3.56. The third-order valence-corrected chi connectivity index (χ3v) is 5.63. The Balaban J connectivity index is 1.40.